The van der Waals surface area contributed by atoms with Crippen molar-refractivity contribution in [2.45, 2.75) is 45.2 Å². The summed E-state index contributed by atoms with van der Waals surface area (Å²) in [6.45, 7) is 6.76. The zero-order chi connectivity index (χ0) is 23.5. The second-order valence-electron chi connectivity index (χ2n) is 10.3. The molecule has 2 aromatic rings. The predicted octanol–water partition coefficient (Wildman–Crippen LogP) is 4.00. The van der Waals surface area contributed by atoms with Crippen molar-refractivity contribution < 1.29 is 23.4 Å². The Balaban J connectivity index is 1.56. The highest BCUT2D eigenvalue weighted by Crippen LogP contribution is 2.52. The molecule has 5 nitrogen and oxygen atoms in total. The van der Waals surface area contributed by atoms with E-state index in [1.807, 2.05) is 13.8 Å². The first-order valence-electron chi connectivity index (χ1n) is 11.6. The summed E-state index contributed by atoms with van der Waals surface area (Å²) in [6, 6.07) is 6.94. The Bertz CT molecular complexity index is 1100. The van der Waals surface area contributed by atoms with E-state index in [9.17, 15) is 14.3 Å². The highest BCUT2D eigenvalue weighted by molar-refractivity contribution is 5.69. The first kappa shape index (κ1) is 22.1. The number of halogens is 2. The van der Waals surface area contributed by atoms with Gasteiger partial charge in [0.2, 0.25) is 0 Å². The molecule has 176 valence electrons. The predicted molar refractivity (Wildman–Crippen MR) is 119 cm³/mol. The smallest absolute Gasteiger partial charge is 0.165 e. The van der Waals surface area contributed by atoms with Crippen molar-refractivity contribution in [3.63, 3.8) is 0 Å². The average molecular weight is 456 g/mol. The number of methoxy groups -OCH3 is 1. The maximum absolute atomic E-state index is 15.4. The van der Waals surface area contributed by atoms with Gasteiger partial charge in [0.05, 0.1) is 13.2 Å². The number of carbonyl (C=O) groups is 1. The van der Waals surface area contributed by atoms with Gasteiger partial charge in [-0.2, -0.15) is 0 Å². The molecular weight excluding hydrogens is 426 g/mol. The quantitative estimate of drug-likeness (QED) is 0.699. The molecule has 3 aliphatic heterocycles. The standard InChI is InChI=1S/C26H30F2N2O3/c1-26(2)13-17-10-18(16-4-5-23(33-3)21(28)11-16)20(27)12-19(17)24(26)30(25(31)32)22-14-29-8-6-15(22)7-9-29/h4-5,10-12,15,22,24H,6-9,13-14H2,1-3H3,(H,31,32)/p-1/t22-,24+/m1/s1. The summed E-state index contributed by atoms with van der Waals surface area (Å²) in [5, 5.41) is 12.5. The molecule has 7 heteroatoms. The number of hydrogen-bond acceptors (Lipinski definition) is 4. The summed E-state index contributed by atoms with van der Waals surface area (Å²) in [6.07, 6.45) is 1.36. The van der Waals surface area contributed by atoms with Gasteiger partial charge in [-0.05, 0) is 84.6 Å². The van der Waals surface area contributed by atoms with Crippen molar-refractivity contribution in [2.24, 2.45) is 11.3 Å². The molecule has 4 aliphatic rings. The van der Waals surface area contributed by atoms with Gasteiger partial charge in [-0.25, -0.2) is 8.78 Å². The molecule has 0 aromatic heterocycles. The van der Waals surface area contributed by atoms with Crippen LogP contribution in [-0.4, -0.2) is 48.7 Å². The van der Waals surface area contributed by atoms with Crippen molar-refractivity contribution in [3.8, 4) is 16.9 Å². The van der Waals surface area contributed by atoms with E-state index in [-0.39, 0.29) is 11.8 Å². The molecule has 33 heavy (non-hydrogen) atoms. The van der Waals surface area contributed by atoms with Gasteiger partial charge in [0, 0.05) is 18.2 Å². The number of fused-ring (bicyclic) bond motifs is 4. The summed E-state index contributed by atoms with van der Waals surface area (Å²) in [4.78, 5) is 16.3. The largest absolute Gasteiger partial charge is 0.530 e. The van der Waals surface area contributed by atoms with Gasteiger partial charge in [0.15, 0.2) is 11.6 Å². The Morgan fingerprint density at radius 1 is 1.15 bits per heavy atom. The van der Waals surface area contributed by atoms with E-state index in [4.69, 9.17) is 4.74 Å². The monoisotopic (exact) mass is 455 g/mol. The van der Waals surface area contributed by atoms with Crippen LogP contribution in [0.5, 0.6) is 5.75 Å². The molecule has 6 rings (SSSR count). The number of piperidine rings is 3. The van der Waals surface area contributed by atoms with Crippen LogP contribution in [0.15, 0.2) is 30.3 Å². The highest BCUT2D eigenvalue weighted by Gasteiger charge is 2.48. The number of carbonyl (C=O) groups excluding carboxylic acids is 1. The summed E-state index contributed by atoms with van der Waals surface area (Å²) < 4.78 is 34.6. The normalized spacial score (nSPS) is 27.3. The Hall–Kier alpha value is -2.67. The average Bonchev–Trinajstić information content (AvgIpc) is 3.03. The third-order valence-electron chi connectivity index (χ3n) is 7.84. The lowest BCUT2D eigenvalue weighted by Crippen LogP contribution is -2.62. The highest BCUT2D eigenvalue weighted by atomic mass is 19.1. The Labute approximate surface area is 193 Å². The van der Waals surface area contributed by atoms with Gasteiger partial charge in [-0.15, -0.1) is 0 Å². The Kier molecular flexibility index (Phi) is 5.35. The molecular formula is C26H29F2N2O3-. The Morgan fingerprint density at radius 2 is 1.88 bits per heavy atom. The van der Waals surface area contributed by atoms with Crippen LogP contribution in [0.25, 0.3) is 11.1 Å². The van der Waals surface area contributed by atoms with Crippen LogP contribution in [0.4, 0.5) is 13.6 Å². The molecule has 2 bridgehead atoms. The minimum atomic E-state index is -1.19. The van der Waals surface area contributed by atoms with Crippen LogP contribution in [-0.2, 0) is 6.42 Å². The molecule has 3 saturated heterocycles. The fourth-order valence-corrected chi connectivity index (χ4v) is 6.31. The summed E-state index contributed by atoms with van der Waals surface area (Å²) >= 11 is 0. The first-order chi connectivity index (χ1) is 15.7. The van der Waals surface area contributed by atoms with E-state index in [0.29, 0.717) is 35.6 Å². The van der Waals surface area contributed by atoms with Crippen LogP contribution >= 0.6 is 0 Å². The maximum atomic E-state index is 15.4. The maximum Gasteiger partial charge on any atom is 0.165 e. The van der Waals surface area contributed by atoms with Gasteiger partial charge in [-0.1, -0.05) is 19.9 Å². The molecule has 2 aromatic carbocycles. The van der Waals surface area contributed by atoms with E-state index >= 15 is 4.39 Å². The van der Waals surface area contributed by atoms with E-state index in [1.165, 1.54) is 30.2 Å². The summed E-state index contributed by atoms with van der Waals surface area (Å²) in [5.41, 5.74) is 1.88. The van der Waals surface area contributed by atoms with Crippen molar-refractivity contribution >= 4 is 6.09 Å². The van der Waals surface area contributed by atoms with E-state index in [1.54, 1.807) is 12.1 Å². The topological polar surface area (TPSA) is 55.8 Å². The van der Waals surface area contributed by atoms with Crippen LogP contribution in [0.1, 0.15) is 43.9 Å². The lowest BCUT2D eigenvalue weighted by molar-refractivity contribution is -0.276. The fourth-order valence-electron chi connectivity index (χ4n) is 6.31. The number of ether oxygens (including phenoxy) is 1. The number of benzene rings is 2. The van der Waals surface area contributed by atoms with Crippen molar-refractivity contribution in [3.05, 3.63) is 53.1 Å². The number of amides is 1. The zero-order valence-electron chi connectivity index (χ0n) is 19.2. The molecule has 3 fully saturated rings. The molecule has 0 radical (unpaired) electrons. The zero-order valence-corrected chi connectivity index (χ0v) is 19.2. The van der Waals surface area contributed by atoms with Gasteiger partial charge in [0.25, 0.3) is 0 Å². The molecule has 0 saturated carbocycles. The van der Waals surface area contributed by atoms with Gasteiger partial charge < -0.3 is 24.4 Å². The third kappa shape index (κ3) is 3.66. The summed E-state index contributed by atoms with van der Waals surface area (Å²) in [5.74, 6) is -0.644. The van der Waals surface area contributed by atoms with Crippen LogP contribution < -0.4 is 9.84 Å². The van der Waals surface area contributed by atoms with Crippen LogP contribution in [0.3, 0.4) is 0 Å². The lowest BCUT2D eigenvalue weighted by atomic mass is 9.79. The van der Waals surface area contributed by atoms with Gasteiger partial charge in [-0.3, -0.25) is 0 Å². The molecule has 0 unspecified atom stereocenters. The molecule has 0 spiro atoms. The SMILES string of the molecule is COc1ccc(-c2cc3c(cc2F)[C@H](N(C(=O)[O-])[C@@H]2CN4CCC2CC4)C(C)(C)C3)cc1F. The number of rotatable bonds is 4. The van der Waals surface area contributed by atoms with E-state index in [2.05, 4.69) is 4.90 Å². The van der Waals surface area contributed by atoms with E-state index < -0.39 is 29.2 Å². The Morgan fingerprint density at radius 3 is 2.45 bits per heavy atom. The van der Waals surface area contributed by atoms with Gasteiger partial charge >= 0.3 is 0 Å². The van der Waals surface area contributed by atoms with Crippen molar-refractivity contribution in [1.82, 2.24) is 9.80 Å². The molecule has 3 heterocycles. The van der Waals surface area contributed by atoms with Crippen molar-refractivity contribution in [1.29, 1.82) is 0 Å². The molecule has 2 atom stereocenters. The lowest BCUT2D eigenvalue weighted by Gasteiger charge is -2.53. The van der Waals surface area contributed by atoms with Crippen molar-refractivity contribution in [2.75, 3.05) is 26.7 Å². The second kappa shape index (κ2) is 7.97. The van der Waals surface area contributed by atoms with Gasteiger partial charge in [0.1, 0.15) is 11.9 Å². The second-order valence-corrected chi connectivity index (χ2v) is 10.3. The third-order valence-corrected chi connectivity index (χ3v) is 7.84. The van der Waals surface area contributed by atoms with Crippen LogP contribution in [0.2, 0.25) is 0 Å². The molecule has 1 amide bonds. The minimum absolute atomic E-state index is 0.101. The van der Waals surface area contributed by atoms with E-state index in [0.717, 1.165) is 31.5 Å². The molecule has 0 N–H and O–H groups in total. The molecule has 1 aliphatic carbocycles. The summed E-state index contributed by atoms with van der Waals surface area (Å²) in [7, 11) is 1.38. The minimum Gasteiger partial charge on any atom is -0.530 e. The number of hydrogen-bond donors (Lipinski definition) is 0. The number of carboxylic acid groups (broad SMARTS) is 1. The fraction of sp³-hybridized carbons (Fsp3) is 0.500. The first-order valence-corrected chi connectivity index (χ1v) is 11.6. The number of nitrogens with zero attached hydrogens (tertiary/aromatic N) is 2. The van der Waals surface area contributed by atoms with Crippen LogP contribution in [0, 0.1) is 23.0 Å².